The molecule has 156 valence electrons. The van der Waals surface area contributed by atoms with Gasteiger partial charge >= 0.3 is 5.97 Å². The first-order chi connectivity index (χ1) is 13.8. The van der Waals surface area contributed by atoms with E-state index in [-0.39, 0.29) is 11.4 Å². The fourth-order valence-electron chi connectivity index (χ4n) is 9.75. The van der Waals surface area contributed by atoms with Gasteiger partial charge in [-0.25, -0.2) is 0 Å². The van der Waals surface area contributed by atoms with Crippen molar-refractivity contribution >= 4 is 5.97 Å². The normalized spacial score (nSPS) is 51.7. The highest BCUT2D eigenvalue weighted by Gasteiger charge is 2.78. The average Bonchev–Trinajstić information content (AvgIpc) is 3.16. The third kappa shape index (κ3) is 2.27. The lowest BCUT2D eigenvalue weighted by Gasteiger charge is -2.65. The first kappa shape index (κ1) is 18.5. The Morgan fingerprint density at radius 3 is 2.52 bits per heavy atom. The van der Waals surface area contributed by atoms with Gasteiger partial charge in [0.25, 0.3) is 0 Å². The number of ether oxygens (including phenoxy) is 1. The second-order valence-corrected chi connectivity index (χ2v) is 12.2. The van der Waals surface area contributed by atoms with Crippen LogP contribution in [-0.4, -0.2) is 5.97 Å². The van der Waals surface area contributed by atoms with Crippen LogP contribution in [0.25, 0.3) is 0 Å². The van der Waals surface area contributed by atoms with E-state index >= 15 is 0 Å². The van der Waals surface area contributed by atoms with Crippen molar-refractivity contribution in [2.24, 2.45) is 45.3 Å². The number of hydrogen-bond acceptors (Lipinski definition) is 2. The maximum atomic E-state index is 13.4. The molecule has 2 heteroatoms. The van der Waals surface area contributed by atoms with Crippen LogP contribution in [0.4, 0.5) is 0 Å². The van der Waals surface area contributed by atoms with Crippen LogP contribution in [0.2, 0.25) is 0 Å². The van der Waals surface area contributed by atoms with Crippen LogP contribution in [0, 0.1) is 45.3 Å². The number of esters is 1. The Labute approximate surface area is 175 Å². The molecular weight excluding hydrogens is 356 g/mol. The topological polar surface area (TPSA) is 26.3 Å². The molecule has 0 N–H and O–H groups in total. The Morgan fingerprint density at radius 1 is 1.00 bits per heavy atom. The molecule has 6 aliphatic carbocycles. The molecule has 0 saturated heterocycles. The molecule has 0 heterocycles. The summed E-state index contributed by atoms with van der Waals surface area (Å²) in [5.74, 6) is 3.41. The zero-order chi connectivity index (χ0) is 20.1. The maximum absolute atomic E-state index is 13.4. The Hall–Kier alpha value is -1.31. The molecule has 4 bridgehead atoms. The Kier molecular flexibility index (Phi) is 3.62. The number of carbonyl (C=O) groups is 1. The smallest absolute Gasteiger partial charge is 0.312 e. The summed E-state index contributed by atoms with van der Waals surface area (Å²) < 4.78 is 5.94. The van der Waals surface area contributed by atoms with Crippen molar-refractivity contribution in [2.75, 3.05) is 0 Å². The molecule has 0 aromatic heterocycles. The highest BCUT2D eigenvalue weighted by Crippen LogP contribution is 2.85. The summed E-state index contributed by atoms with van der Waals surface area (Å²) in [4.78, 5) is 13.4. The fraction of sp³-hybridized carbons (Fsp3) is 0.741. The van der Waals surface area contributed by atoms with Crippen LogP contribution in [0.3, 0.4) is 0 Å². The lowest BCUT2D eigenvalue weighted by Crippen LogP contribution is -2.59. The molecule has 1 aromatic carbocycles. The fourth-order valence-corrected chi connectivity index (χ4v) is 9.75. The predicted octanol–water partition coefficient (Wildman–Crippen LogP) is 6.39. The lowest BCUT2D eigenvalue weighted by molar-refractivity contribution is -0.192. The molecule has 6 fully saturated rings. The van der Waals surface area contributed by atoms with Crippen molar-refractivity contribution in [3.63, 3.8) is 0 Å². The average molecular weight is 393 g/mol. The molecule has 0 amide bonds. The van der Waals surface area contributed by atoms with E-state index in [0.29, 0.717) is 28.8 Å². The van der Waals surface area contributed by atoms with Crippen LogP contribution in [0.5, 0.6) is 0 Å². The zero-order valence-electron chi connectivity index (χ0n) is 18.4. The number of carbonyl (C=O) groups excluding carboxylic acids is 1. The summed E-state index contributed by atoms with van der Waals surface area (Å²) >= 11 is 0. The Morgan fingerprint density at radius 2 is 1.79 bits per heavy atom. The molecular formula is C27H36O2. The molecule has 1 aromatic rings. The van der Waals surface area contributed by atoms with Crippen LogP contribution in [-0.2, 0) is 16.1 Å². The third-order valence-electron chi connectivity index (χ3n) is 11.0. The number of benzene rings is 1. The van der Waals surface area contributed by atoms with Crippen LogP contribution in [0.1, 0.15) is 77.7 Å². The van der Waals surface area contributed by atoms with Gasteiger partial charge in [-0.05, 0) is 97.3 Å². The number of fused-ring (bicyclic) bond motifs is 1. The molecule has 8 atom stereocenters. The monoisotopic (exact) mass is 392 g/mol. The second kappa shape index (κ2) is 5.68. The molecule has 2 nitrogen and oxygen atoms in total. The quantitative estimate of drug-likeness (QED) is 0.557. The van der Waals surface area contributed by atoms with Gasteiger partial charge in [0.15, 0.2) is 0 Å². The minimum Gasteiger partial charge on any atom is -0.460 e. The van der Waals surface area contributed by atoms with Gasteiger partial charge in [-0.15, -0.1) is 0 Å². The van der Waals surface area contributed by atoms with E-state index < -0.39 is 0 Å². The third-order valence-corrected chi connectivity index (χ3v) is 11.0. The lowest BCUT2D eigenvalue weighted by atomic mass is 9.39. The van der Waals surface area contributed by atoms with E-state index in [1.807, 2.05) is 30.3 Å². The molecule has 0 aliphatic heterocycles. The first-order valence-corrected chi connectivity index (χ1v) is 12.0. The van der Waals surface area contributed by atoms with Crippen molar-refractivity contribution in [3.05, 3.63) is 35.9 Å². The van der Waals surface area contributed by atoms with Gasteiger partial charge in [-0.1, -0.05) is 50.6 Å². The molecule has 0 unspecified atom stereocenters. The van der Waals surface area contributed by atoms with Crippen molar-refractivity contribution in [2.45, 2.75) is 78.7 Å². The number of rotatable bonds is 3. The minimum atomic E-state index is -0.309. The summed E-state index contributed by atoms with van der Waals surface area (Å²) in [6.45, 7) is 7.80. The summed E-state index contributed by atoms with van der Waals surface area (Å²) in [5.41, 5.74) is 2.40. The van der Waals surface area contributed by atoms with E-state index in [9.17, 15) is 4.79 Å². The maximum Gasteiger partial charge on any atom is 0.312 e. The van der Waals surface area contributed by atoms with E-state index in [4.69, 9.17) is 4.74 Å². The van der Waals surface area contributed by atoms with E-state index in [1.54, 1.807) is 0 Å². The van der Waals surface area contributed by atoms with Crippen molar-refractivity contribution in [3.8, 4) is 0 Å². The largest absolute Gasteiger partial charge is 0.460 e. The molecule has 0 radical (unpaired) electrons. The Balaban J connectivity index is 1.26. The first-order valence-electron chi connectivity index (χ1n) is 12.0. The summed E-state index contributed by atoms with van der Waals surface area (Å²) in [6.07, 6.45) is 10.5. The van der Waals surface area contributed by atoms with Gasteiger partial charge < -0.3 is 4.74 Å². The van der Waals surface area contributed by atoms with Crippen LogP contribution in [0.15, 0.2) is 30.3 Å². The Bertz CT molecular complexity index is 847. The van der Waals surface area contributed by atoms with E-state index in [1.165, 1.54) is 44.9 Å². The second-order valence-electron chi connectivity index (χ2n) is 12.2. The van der Waals surface area contributed by atoms with Gasteiger partial charge in [0.1, 0.15) is 6.61 Å². The SMILES string of the molecule is C[C@@]12CCC[C@@](C)(C(=O)OCc3ccccc3)[C@H]1CC[C@@]13C[C@H]4[C@@H](C[C@H]12)[C@@]4(C)C3. The summed E-state index contributed by atoms with van der Waals surface area (Å²) in [5, 5.41) is 0. The zero-order valence-corrected chi connectivity index (χ0v) is 18.4. The van der Waals surface area contributed by atoms with E-state index in [0.717, 1.165) is 29.7 Å². The summed E-state index contributed by atoms with van der Waals surface area (Å²) in [7, 11) is 0. The van der Waals surface area contributed by atoms with Gasteiger partial charge in [-0.2, -0.15) is 0 Å². The molecule has 7 rings (SSSR count). The standard InChI is InChI=1S/C27H36O2/c1-24-11-7-12-25(2,23(28)29-16-18-8-5-4-6-9-18)21(24)10-13-27-15-20-19(14-22(24)27)26(20,3)17-27/h4-6,8-9,19-22H,7,10-17H2,1-3H3/t19-,20+,21+,22+,24-,25-,26-,27+/m1/s1. The van der Waals surface area contributed by atoms with Crippen LogP contribution < -0.4 is 0 Å². The van der Waals surface area contributed by atoms with Crippen LogP contribution >= 0.6 is 0 Å². The van der Waals surface area contributed by atoms with Crippen molar-refractivity contribution in [1.29, 1.82) is 0 Å². The van der Waals surface area contributed by atoms with Gasteiger partial charge in [0.2, 0.25) is 0 Å². The molecule has 1 spiro atoms. The van der Waals surface area contributed by atoms with Crippen molar-refractivity contribution < 1.29 is 9.53 Å². The highest BCUT2D eigenvalue weighted by atomic mass is 16.5. The molecule has 6 aliphatic rings. The molecule has 6 saturated carbocycles. The van der Waals surface area contributed by atoms with Gasteiger partial charge in [0, 0.05) is 0 Å². The van der Waals surface area contributed by atoms with Gasteiger partial charge in [-0.3, -0.25) is 4.79 Å². The number of hydrogen-bond donors (Lipinski definition) is 0. The molecule has 29 heavy (non-hydrogen) atoms. The minimum absolute atomic E-state index is 0.0618. The van der Waals surface area contributed by atoms with Crippen molar-refractivity contribution in [1.82, 2.24) is 0 Å². The summed E-state index contributed by atoms with van der Waals surface area (Å²) in [6, 6.07) is 10.1. The van der Waals surface area contributed by atoms with Gasteiger partial charge in [0.05, 0.1) is 5.41 Å². The predicted molar refractivity (Wildman–Crippen MR) is 114 cm³/mol. The van der Waals surface area contributed by atoms with E-state index in [2.05, 4.69) is 20.8 Å². The highest BCUT2D eigenvalue weighted by molar-refractivity contribution is 5.77.